The van der Waals surface area contributed by atoms with Crippen molar-refractivity contribution in [3.8, 4) is 0 Å². The number of carbonyl (C=O) groups is 1. The van der Waals surface area contributed by atoms with Crippen molar-refractivity contribution in [1.29, 1.82) is 0 Å². The second-order valence-electron chi connectivity index (χ2n) is 4.17. The van der Waals surface area contributed by atoms with E-state index in [1.54, 1.807) is 6.08 Å². The number of hydrogen-bond acceptors (Lipinski definition) is 3. The monoisotopic (exact) mass is 196 g/mol. The third-order valence-electron chi connectivity index (χ3n) is 3.08. The molecular weight excluding hydrogens is 180 g/mol. The summed E-state index contributed by atoms with van der Waals surface area (Å²) in [6.45, 7) is 5.84. The molecule has 3 nitrogen and oxygen atoms in total. The smallest absolute Gasteiger partial charge is 0.189 e. The summed E-state index contributed by atoms with van der Waals surface area (Å²) in [6, 6.07) is 0. The molecule has 78 valence electrons. The zero-order valence-corrected chi connectivity index (χ0v) is 8.87. The summed E-state index contributed by atoms with van der Waals surface area (Å²) in [4.78, 5) is 11.6. The van der Waals surface area contributed by atoms with Crippen molar-refractivity contribution in [1.82, 2.24) is 0 Å². The predicted molar refractivity (Wildman–Crippen MR) is 51.8 cm³/mol. The van der Waals surface area contributed by atoms with Gasteiger partial charge in [-0.2, -0.15) is 0 Å². The minimum atomic E-state index is -0.669. The van der Waals surface area contributed by atoms with Gasteiger partial charge in [0.15, 0.2) is 11.6 Å². The maximum absolute atomic E-state index is 11.6. The van der Waals surface area contributed by atoms with E-state index in [9.17, 15) is 4.79 Å². The first-order valence-electron chi connectivity index (χ1n) is 5.13. The van der Waals surface area contributed by atoms with E-state index in [0.717, 1.165) is 12.0 Å². The lowest BCUT2D eigenvalue weighted by Crippen LogP contribution is -2.52. The van der Waals surface area contributed by atoms with Crippen LogP contribution in [0.4, 0.5) is 0 Å². The maximum atomic E-state index is 11.6. The number of hydrogen-bond donors (Lipinski definition) is 0. The first kappa shape index (κ1) is 9.87. The van der Waals surface area contributed by atoms with Gasteiger partial charge in [-0.25, -0.2) is 0 Å². The van der Waals surface area contributed by atoms with Crippen LogP contribution in [0.15, 0.2) is 11.6 Å². The summed E-state index contributed by atoms with van der Waals surface area (Å²) >= 11 is 0. The molecule has 3 unspecified atom stereocenters. The van der Waals surface area contributed by atoms with Crippen LogP contribution >= 0.6 is 0 Å². The van der Waals surface area contributed by atoms with E-state index in [1.165, 1.54) is 0 Å². The summed E-state index contributed by atoms with van der Waals surface area (Å²) in [5.74, 6) is -0.584. The van der Waals surface area contributed by atoms with Gasteiger partial charge in [-0.3, -0.25) is 4.79 Å². The molecule has 2 rings (SSSR count). The van der Waals surface area contributed by atoms with Crippen molar-refractivity contribution in [3.63, 3.8) is 0 Å². The van der Waals surface area contributed by atoms with Crippen molar-refractivity contribution in [2.45, 2.75) is 51.6 Å². The van der Waals surface area contributed by atoms with E-state index >= 15 is 0 Å². The molecule has 0 aromatic carbocycles. The van der Waals surface area contributed by atoms with Crippen molar-refractivity contribution in [2.24, 2.45) is 0 Å². The Kier molecular flexibility index (Phi) is 2.24. The quantitative estimate of drug-likeness (QED) is 0.641. The van der Waals surface area contributed by atoms with Crippen LogP contribution in [0.2, 0.25) is 0 Å². The van der Waals surface area contributed by atoms with E-state index in [4.69, 9.17) is 9.47 Å². The molecule has 0 aromatic heterocycles. The highest BCUT2D eigenvalue weighted by atomic mass is 16.7. The summed E-state index contributed by atoms with van der Waals surface area (Å²) in [5, 5.41) is 0. The zero-order chi connectivity index (χ0) is 10.3. The van der Waals surface area contributed by atoms with Gasteiger partial charge in [0.2, 0.25) is 0 Å². The highest BCUT2D eigenvalue weighted by molar-refractivity contribution is 5.95. The van der Waals surface area contributed by atoms with Gasteiger partial charge in [-0.15, -0.1) is 0 Å². The van der Waals surface area contributed by atoms with E-state index < -0.39 is 5.79 Å². The van der Waals surface area contributed by atoms with Crippen LogP contribution in [0.25, 0.3) is 0 Å². The average Bonchev–Trinajstić information content (AvgIpc) is 2.15. The van der Waals surface area contributed by atoms with Crippen LogP contribution in [0.5, 0.6) is 0 Å². The fraction of sp³-hybridized carbons (Fsp3) is 0.727. The first-order valence-corrected chi connectivity index (χ1v) is 5.13. The molecule has 3 atom stereocenters. The Hall–Kier alpha value is -0.670. The molecule has 0 radical (unpaired) electrons. The van der Waals surface area contributed by atoms with E-state index in [-0.39, 0.29) is 18.0 Å². The molecular formula is C11H16O3. The summed E-state index contributed by atoms with van der Waals surface area (Å²) in [6.07, 6.45) is 3.12. The van der Waals surface area contributed by atoms with Crippen LogP contribution in [0.3, 0.4) is 0 Å². The van der Waals surface area contributed by atoms with Gasteiger partial charge >= 0.3 is 0 Å². The molecule has 2 aliphatic rings. The Bertz CT molecular complexity index is 295. The van der Waals surface area contributed by atoms with Crippen LogP contribution in [0, 0.1) is 0 Å². The molecule has 2 bridgehead atoms. The summed E-state index contributed by atoms with van der Waals surface area (Å²) in [7, 11) is 0. The Labute approximate surface area is 84.1 Å². The molecule has 1 saturated heterocycles. The number of fused-ring (bicyclic) bond motifs is 2. The van der Waals surface area contributed by atoms with Crippen LogP contribution < -0.4 is 0 Å². The lowest BCUT2D eigenvalue weighted by atomic mass is 9.94. The molecule has 0 saturated carbocycles. The molecule has 0 N–H and O–H groups in total. The second kappa shape index (κ2) is 3.17. The highest BCUT2D eigenvalue weighted by Gasteiger charge is 2.45. The topological polar surface area (TPSA) is 35.5 Å². The maximum Gasteiger partial charge on any atom is 0.189 e. The highest BCUT2D eigenvalue weighted by Crippen LogP contribution is 2.37. The standard InChI is InChI=1S/C11H16O3/c1-4-8-6-10-9(12)5-7(2)11(3,13-8)14-10/h5,8,10H,4,6H2,1-3H3. The minimum absolute atomic E-state index is 0.0849. The summed E-state index contributed by atoms with van der Waals surface area (Å²) in [5.41, 5.74) is 0.872. The lowest BCUT2D eigenvalue weighted by molar-refractivity contribution is -0.285. The van der Waals surface area contributed by atoms with Crippen LogP contribution in [-0.4, -0.2) is 23.8 Å². The van der Waals surface area contributed by atoms with Crippen molar-refractivity contribution >= 4 is 5.78 Å². The van der Waals surface area contributed by atoms with Gasteiger partial charge in [0.1, 0.15) is 6.10 Å². The van der Waals surface area contributed by atoms with Crippen LogP contribution in [-0.2, 0) is 14.3 Å². The van der Waals surface area contributed by atoms with Crippen molar-refractivity contribution in [2.75, 3.05) is 0 Å². The Morgan fingerprint density at radius 1 is 1.57 bits per heavy atom. The molecule has 1 fully saturated rings. The van der Waals surface area contributed by atoms with Crippen LogP contribution in [0.1, 0.15) is 33.6 Å². The van der Waals surface area contributed by atoms with Gasteiger partial charge in [0.25, 0.3) is 0 Å². The Morgan fingerprint density at radius 2 is 2.29 bits per heavy atom. The Balaban J connectivity index is 2.31. The van der Waals surface area contributed by atoms with E-state index in [2.05, 4.69) is 6.92 Å². The zero-order valence-electron chi connectivity index (χ0n) is 8.87. The molecule has 0 aliphatic carbocycles. The SMILES string of the molecule is CCC1CC2OC(C)(O1)C(C)=CC2=O. The molecule has 2 aliphatic heterocycles. The Morgan fingerprint density at radius 3 is 2.93 bits per heavy atom. The second-order valence-corrected chi connectivity index (χ2v) is 4.17. The van der Waals surface area contributed by atoms with Crippen molar-refractivity contribution in [3.05, 3.63) is 11.6 Å². The van der Waals surface area contributed by atoms with Gasteiger partial charge in [0.05, 0.1) is 6.10 Å². The predicted octanol–water partition coefficient (Wildman–Crippen LogP) is 1.82. The molecule has 14 heavy (non-hydrogen) atoms. The fourth-order valence-electron chi connectivity index (χ4n) is 2.00. The molecule has 0 amide bonds. The van der Waals surface area contributed by atoms with Gasteiger partial charge in [-0.05, 0) is 31.9 Å². The summed E-state index contributed by atoms with van der Waals surface area (Å²) < 4.78 is 11.4. The average molecular weight is 196 g/mol. The first-order chi connectivity index (χ1) is 6.55. The van der Waals surface area contributed by atoms with E-state index in [0.29, 0.717) is 6.42 Å². The van der Waals surface area contributed by atoms with Gasteiger partial charge in [-0.1, -0.05) is 6.92 Å². The molecule has 3 heteroatoms. The van der Waals surface area contributed by atoms with Gasteiger partial charge < -0.3 is 9.47 Å². The normalized spacial score (nSPS) is 42.2. The number of ether oxygens (including phenoxy) is 2. The van der Waals surface area contributed by atoms with Crippen molar-refractivity contribution < 1.29 is 14.3 Å². The lowest BCUT2D eigenvalue weighted by Gasteiger charge is -2.45. The third kappa shape index (κ3) is 1.41. The molecule has 0 spiro atoms. The largest absolute Gasteiger partial charge is 0.343 e. The van der Waals surface area contributed by atoms with Gasteiger partial charge in [0, 0.05) is 6.42 Å². The number of carbonyl (C=O) groups excluding carboxylic acids is 1. The number of ketones is 1. The molecule has 0 aromatic rings. The third-order valence-corrected chi connectivity index (χ3v) is 3.08. The number of rotatable bonds is 1. The molecule has 2 heterocycles. The van der Waals surface area contributed by atoms with E-state index in [1.807, 2.05) is 13.8 Å². The minimum Gasteiger partial charge on any atom is -0.343 e. The fourth-order valence-corrected chi connectivity index (χ4v) is 2.00.